The minimum atomic E-state index is 0.534. The van der Waals surface area contributed by atoms with Gasteiger partial charge in [0.15, 0.2) is 5.65 Å². The van der Waals surface area contributed by atoms with Gasteiger partial charge in [0.1, 0.15) is 11.3 Å². The summed E-state index contributed by atoms with van der Waals surface area (Å²) in [5.41, 5.74) is 10.7. The molecule has 1 aromatic carbocycles. The van der Waals surface area contributed by atoms with Gasteiger partial charge in [-0.15, -0.1) is 0 Å². The zero-order chi connectivity index (χ0) is 16.2. The molecule has 0 aliphatic carbocycles. The molecular weight excluding hydrogens is 288 g/mol. The van der Waals surface area contributed by atoms with Crippen LogP contribution in [0.4, 0.5) is 0 Å². The second-order valence-corrected chi connectivity index (χ2v) is 5.66. The molecule has 23 heavy (non-hydrogen) atoms. The van der Waals surface area contributed by atoms with Crippen molar-refractivity contribution in [2.75, 3.05) is 19.8 Å². The van der Waals surface area contributed by atoms with Crippen LogP contribution in [0.1, 0.15) is 11.1 Å². The molecule has 0 saturated heterocycles. The molecule has 0 unspecified atom stereocenters. The van der Waals surface area contributed by atoms with Gasteiger partial charge < -0.3 is 15.0 Å². The zero-order valence-electron chi connectivity index (χ0n) is 13.6. The molecule has 0 fully saturated rings. The van der Waals surface area contributed by atoms with Gasteiger partial charge in [0, 0.05) is 24.8 Å². The molecule has 120 valence electrons. The minimum Gasteiger partial charge on any atom is -0.378 e. The molecule has 5 nitrogen and oxygen atoms in total. The fraction of sp³-hybridized carbons (Fsp3) is 0.333. The monoisotopic (exact) mass is 310 g/mol. The molecular formula is C18H22N4O. The molecule has 0 amide bonds. The Morgan fingerprint density at radius 2 is 2.00 bits per heavy atom. The van der Waals surface area contributed by atoms with Crippen molar-refractivity contribution in [3.8, 4) is 11.4 Å². The van der Waals surface area contributed by atoms with E-state index in [1.807, 2.05) is 25.3 Å². The van der Waals surface area contributed by atoms with E-state index in [0.717, 1.165) is 28.1 Å². The van der Waals surface area contributed by atoms with E-state index in [9.17, 15) is 0 Å². The van der Waals surface area contributed by atoms with Crippen LogP contribution in [0, 0.1) is 13.8 Å². The van der Waals surface area contributed by atoms with Gasteiger partial charge in [0.05, 0.1) is 13.2 Å². The summed E-state index contributed by atoms with van der Waals surface area (Å²) in [6.07, 6.45) is 1.88. The Labute approximate surface area is 136 Å². The van der Waals surface area contributed by atoms with Gasteiger partial charge in [0.2, 0.25) is 0 Å². The van der Waals surface area contributed by atoms with E-state index in [2.05, 4.69) is 34.7 Å². The van der Waals surface area contributed by atoms with Crippen LogP contribution < -0.4 is 5.73 Å². The van der Waals surface area contributed by atoms with Crippen LogP contribution in [-0.4, -0.2) is 34.3 Å². The summed E-state index contributed by atoms with van der Waals surface area (Å²) in [4.78, 5) is 9.40. The lowest BCUT2D eigenvalue weighted by molar-refractivity contribution is 0.134. The number of benzene rings is 1. The molecule has 0 spiro atoms. The summed E-state index contributed by atoms with van der Waals surface area (Å²) in [6.45, 7) is 6.53. The number of nitrogens with two attached hydrogens (primary N) is 1. The van der Waals surface area contributed by atoms with Crippen LogP contribution in [0.5, 0.6) is 0 Å². The van der Waals surface area contributed by atoms with Gasteiger partial charge in [0.25, 0.3) is 0 Å². The van der Waals surface area contributed by atoms with Gasteiger partial charge in [-0.3, -0.25) is 0 Å². The highest BCUT2D eigenvalue weighted by Gasteiger charge is 2.15. The van der Waals surface area contributed by atoms with Crippen LogP contribution in [0.15, 0.2) is 36.5 Å². The van der Waals surface area contributed by atoms with E-state index in [-0.39, 0.29) is 0 Å². The van der Waals surface area contributed by atoms with Gasteiger partial charge in [-0.2, -0.15) is 0 Å². The minimum absolute atomic E-state index is 0.534. The van der Waals surface area contributed by atoms with Crippen LogP contribution in [-0.2, 0) is 11.3 Å². The first-order valence-electron chi connectivity index (χ1n) is 7.87. The number of imidazole rings is 1. The van der Waals surface area contributed by atoms with Crippen molar-refractivity contribution in [2.45, 2.75) is 20.4 Å². The van der Waals surface area contributed by atoms with Crippen LogP contribution in [0.25, 0.3) is 22.6 Å². The maximum atomic E-state index is 5.55. The lowest BCUT2D eigenvalue weighted by Gasteiger charge is -2.10. The number of ether oxygens (including phenoxy) is 1. The van der Waals surface area contributed by atoms with E-state index < -0.39 is 0 Å². The van der Waals surface area contributed by atoms with Crippen molar-refractivity contribution in [3.63, 3.8) is 0 Å². The average Bonchev–Trinajstić information content (AvgIpc) is 2.89. The summed E-state index contributed by atoms with van der Waals surface area (Å²) in [5.74, 6) is 0.938. The van der Waals surface area contributed by atoms with Crippen molar-refractivity contribution in [1.29, 1.82) is 0 Å². The molecule has 0 atom stereocenters. The van der Waals surface area contributed by atoms with Gasteiger partial charge in [-0.25, -0.2) is 9.97 Å². The maximum Gasteiger partial charge on any atom is 0.160 e. The molecule has 0 aliphatic heterocycles. The fourth-order valence-corrected chi connectivity index (χ4v) is 2.69. The van der Waals surface area contributed by atoms with Crippen LogP contribution in [0.2, 0.25) is 0 Å². The Hall–Kier alpha value is -2.24. The summed E-state index contributed by atoms with van der Waals surface area (Å²) >= 11 is 0. The maximum absolute atomic E-state index is 5.55. The Morgan fingerprint density at radius 1 is 1.17 bits per heavy atom. The molecule has 5 heteroatoms. The number of rotatable bonds is 6. The highest BCUT2D eigenvalue weighted by molar-refractivity contribution is 5.78. The van der Waals surface area contributed by atoms with Gasteiger partial charge in [-0.1, -0.05) is 24.3 Å². The Bertz CT molecular complexity index is 810. The number of aryl methyl sites for hydroxylation is 2. The molecule has 0 saturated carbocycles. The van der Waals surface area contributed by atoms with E-state index in [1.54, 1.807) is 0 Å². The van der Waals surface area contributed by atoms with E-state index in [0.29, 0.717) is 26.3 Å². The summed E-state index contributed by atoms with van der Waals surface area (Å²) < 4.78 is 7.68. The quantitative estimate of drug-likeness (QED) is 0.711. The summed E-state index contributed by atoms with van der Waals surface area (Å²) in [6, 6.07) is 10.3. The van der Waals surface area contributed by atoms with Crippen LogP contribution in [0.3, 0.4) is 0 Å². The van der Waals surface area contributed by atoms with Crippen molar-refractivity contribution in [3.05, 3.63) is 47.7 Å². The Morgan fingerprint density at radius 3 is 2.78 bits per heavy atom. The number of hydrogen-bond acceptors (Lipinski definition) is 4. The van der Waals surface area contributed by atoms with Crippen LogP contribution >= 0.6 is 0 Å². The zero-order valence-corrected chi connectivity index (χ0v) is 13.6. The lowest BCUT2D eigenvalue weighted by atomic mass is 10.1. The fourth-order valence-electron chi connectivity index (χ4n) is 2.69. The molecule has 2 heterocycles. The van der Waals surface area contributed by atoms with Crippen molar-refractivity contribution >= 4 is 11.2 Å². The number of nitrogens with zero attached hydrogens (tertiary/aromatic N) is 3. The van der Waals surface area contributed by atoms with E-state index >= 15 is 0 Å². The van der Waals surface area contributed by atoms with E-state index in [4.69, 9.17) is 15.5 Å². The molecule has 2 aromatic heterocycles. The van der Waals surface area contributed by atoms with Crippen molar-refractivity contribution in [2.24, 2.45) is 5.73 Å². The van der Waals surface area contributed by atoms with E-state index in [1.165, 1.54) is 5.56 Å². The lowest BCUT2D eigenvalue weighted by Crippen LogP contribution is -2.13. The molecule has 0 bridgehead atoms. The third-order valence-corrected chi connectivity index (χ3v) is 3.83. The average molecular weight is 310 g/mol. The van der Waals surface area contributed by atoms with Gasteiger partial charge in [-0.05, 0) is 31.0 Å². The predicted molar refractivity (Wildman–Crippen MR) is 92.3 cm³/mol. The second-order valence-electron chi connectivity index (χ2n) is 5.66. The third kappa shape index (κ3) is 3.25. The SMILES string of the molecule is Cc1cnc2c(c1)nc(-c1ccccc1C)n2CCOCCN. The Kier molecular flexibility index (Phi) is 4.69. The highest BCUT2D eigenvalue weighted by Crippen LogP contribution is 2.26. The smallest absolute Gasteiger partial charge is 0.160 e. The van der Waals surface area contributed by atoms with Crippen molar-refractivity contribution in [1.82, 2.24) is 14.5 Å². The van der Waals surface area contributed by atoms with Gasteiger partial charge >= 0.3 is 0 Å². The normalized spacial score (nSPS) is 11.3. The highest BCUT2D eigenvalue weighted by atomic mass is 16.5. The first-order chi connectivity index (χ1) is 11.2. The first-order valence-corrected chi connectivity index (χ1v) is 7.87. The number of fused-ring (bicyclic) bond motifs is 1. The summed E-state index contributed by atoms with van der Waals surface area (Å²) in [5, 5.41) is 0. The number of aromatic nitrogens is 3. The molecule has 0 radical (unpaired) electrons. The number of pyridine rings is 1. The second kappa shape index (κ2) is 6.89. The molecule has 2 N–H and O–H groups in total. The predicted octanol–water partition coefficient (Wildman–Crippen LogP) is 2.69. The Balaban J connectivity index is 2.06. The largest absolute Gasteiger partial charge is 0.378 e. The third-order valence-electron chi connectivity index (χ3n) is 3.83. The van der Waals surface area contributed by atoms with Crippen molar-refractivity contribution < 1.29 is 4.74 Å². The number of hydrogen-bond donors (Lipinski definition) is 1. The molecule has 3 aromatic rings. The topological polar surface area (TPSA) is 66.0 Å². The summed E-state index contributed by atoms with van der Waals surface area (Å²) in [7, 11) is 0. The molecule has 3 rings (SSSR count). The standard InChI is InChI=1S/C18H22N4O/c1-13-11-16-18(20-12-13)22(8-10-23-9-7-19)17(21-16)15-6-4-3-5-14(15)2/h3-6,11-12H,7-10,19H2,1-2H3. The first kappa shape index (κ1) is 15.6. The molecule has 0 aliphatic rings.